The van der Waals surface area contributed by atoms with Gasteiger partial charge in [-0.2, -0.15) is 0 Å². The van der Waals surface area contributed by atoms with Crippen LogP contribution in [0.1, 0.15) is 15.9 Å². The number of benzene rings is 1. The summed E-state index contributed by atoms with van der Waals surface area (Å²) in [5, 5.41) is 0. The molecule has 0 spiro atoms. The normalized spacial score (nSPS) is 9.71. The van der Waals surface area contributed by atoms with Crippen molar-refractivity contribution in [2.24, 2.45) is 0 Å². The molecule has 0 unspecified atom stereocenters. The molecule has 0 fully saturated rings. The van der Waals surface area contributed by atoms with E-state index in [4.69, 9.17) is 4.74 Å². The zero-order chi connectivity index (χ0) is 10.7. The van der Waals surface area contributed by atoms with E-state index in [2.05, 4.69) is 27.3 Å². The van der Waals surface area contributed by atoms with Gasteiger partial charge in [0.25, 0.3) is 0 Å². The van der Waals surface area contributed by atoms with Crippen molar-refractivity contribution in [3.05, 3.63) is 26.8 Å². The van der Waals surface area contributed by atoms with E-state index in [1.54, 1.807) is 13.2 Å². The molecule has 0 aliphatic heterocycles. The van der Waals surface area contributed by atoms with Crippen molar-refractivity contribution in [1.82, 2.24) is 0 Å². The molecule has 1 aromatic carbocycles. The minimum atomic E-state index is -0.319. The van der Waals surface area contributed by atoms with Crippen LogP contribution in [-0.2, 0) is 4.74 Å². The number of carbonyl (C=O) groups excluding carboxylic acids is 1. The number of ether oxygens (including phenoxy) is 2. The second kappa shape index (κ2) is 4.63. The number of rotatable bonds is 2. The summed E-state index contributed by atoms with van der Waals surface area (Å²) in [6, 6.07) is 3.59. The molecule has 1 aromatic rings. The van der Waals surface area contributed by atoms with E-state index in [0.717, 1.165) is 14.9 Å². The van der Waals surface area contributed by atoms with Crippen LogP contribution in [0.2, 0.25) is 0 Å². The third-order valence-corrected chi connectivity index (χ3v) is 2.78. The van der Waals surface area contributed by atoms with Gasteiger partial charge in [-0.1, -0.05) is 0 Å². The van der Waals surface area contributed by atoms with Gasteiger partial charge in [-0.05, 0) is 47.2 Å². The van der Waals surface area contributed by atoms with Crippen LogP contribution in [0.25, 0.3) is 0 Å². The van der Waals surface area contributed by atoms with Crippen LogP contribution in [0.15, 0.2) is 12.1 Å². The Bertz CT molecular complexity index is 361. The zero-order valence-corrected chi connectivity index (χ0v) is 10.4. The molecule has 0 bridgehead atoms. The molecule has 3 nitrogen and oxygen atoms in total. The van der Waals surface area contributed by atoms with E-state index < -0.39 is 0 Å². The number of aryl methyl sites for hydroxylation is 1. The maximum absolute atomic E-state index is 11.3. The van der Waals surface area contributed by atoms with Gasteiger partial charge in [0.15, 0.2) is 0 Å². The zero-order valence-electron chi connectivity index (χ0n) is 8.26. The van der Waals surface area contributed by atoms with Crippen LogP contribution < -0.4 is 4.74 Å². The van der Waals surface area contributed by atoms with Crippen molar-refractivity contribution in [3.8, 4) is 5.75 Å². The van der Waals surface area contributed by atoms with Crippen LogP contribution in [0.4, 0.5) is 0 Å². The summed E-state index contributed by atoms with van der Waals surface area (Å²) in [6.45, 7) is 1.89. The lowest BCUT2D eigenvalue weighted by molar-refractivity contribution is 0.0599. The summed E-state index contributed by atoms with van der Waals surface area (Å²) in [6.07, 6.45) is 0. The van der Waals surface area contributed by atoms with Gasteiger partial charge >= 0.3 is 5.97 Å². The number of hydrogen-bond acceptors (Lipinski definition) is 3. The number of methoxy groups -OCH3 is 2. The molecular formula is C10H11IO3. The van der Waals surface area contributed by atoms with Crippen molar-refractivity contribution in [2.75, 3.05) is 14.2 Å². The van der Waals surface area contributed by atoms with E-state index in [0.29, 0.717) is 5.56 Å². The largest absolute Gasteiger partial charge is 0.496 e. The second-order valence-electron chi connectivity index (χ2n) is 2.79. The Morgan fingerprint density at radius 3 is 2.50 bits per heavy atom. The first-order valence-electron chi connectivity index (χ1n) is 4.02. The Morgan fingerprint density at radius 1 is 1.36 bits per heavy atom. The Kier molecular flexibility index (Phi) is 3.74. The number of esters is 1. The van der Waals surface area contributed by atoms with Gasteiger partial charge in [0, 0.05) is 3.57 Å². The molecule has 14 heavy (non-hydrogen) atoms. The SMILES string of the molecule is COC(=O)c1cc(C)c(OC)cc1I. The average molecular weight is 306 g/mol. The van der Waals surface area contributed by atoms with Gasteiger partial charge in [0.1, 0.15) is 5.75 Å². The quantitative estimate of drug-likeness (QED) is 0.622. The van der Waals surface area contributed by atoms with Crippen molar-refractivity contribution >= 4 is 28.6 Å². The monoisotopic (exact) mass is 306 g/mol. The third-order valence-electron chi connectivity index (χ3n) is 1.89. The highest BCUT2D eigenvalue weighted by Crippen LogP contribution is 2.24. The van der Waals surface area contributed by atoms with E-state index >= 15 is 0 Å². The fraction of sp³-hybridized carbons (Fsp3) is 0.300. The van der Waals surface area contributed by atoms with E-state index in [1.807, 2.05) is 13.0 Å². The van der Waals surface area contributed by atoms with E-state index in [-0.39, 0.29) is 5.97 Å². The summed E-state index contributed by atoms with van der Waals surface area (Å²) in [5.74, 6) is 0.460. The summed E-state index contributed by atoms with van der Waals surface area (Å²) < 4.78 is 10.6. The Hall–Kier alpha value is -0.780. The van der Waals surface area contributed by atoms with Gasteiger partial charge in [0.2, 0.25) is 0 Å². The predicted molar refractivity (Wildman–Crippen MR) is 61.8 cm³/mol. The standard InChI is InChI=1S/C10H11IO3/c1-6-4-7(10(12)14-3)8(11)5-9(6)13-2/h4-5H,1-3H3. The molecule has 0 amide bonds. The van der Waals surface area contributed by atoms with Crippen molar-refractivity contribution in [3.63, 3.8) is 0 Å². The lowest BCUT2D eigenvalue weighted by Gasteiger charge is -2.08. The van der Waals surface area contributed by atoms with Gasteiger partial charge in [-0.25, -0.2) is 4.79 Å². The van der Waals surface area contributed by atoms with Gasteiger partial charge in [-0.15, -0.1) is 0 Å². The van der Waals surface area contributed by atoms with E-state index in [1.165, 1.54) is 7.11 Å². The Balaban J connectivity index is 3.21. The highest BCUT2D eigenvalue weighted by Gasteiger charge is 2.12. The van der Waals surface area contributed by atoms with Crippen molar-refractivity contribution in [1.29, 1.82) is 0 Å². The minimum absolute atomic E-state index is 0.319. The van der Waals surface area contributed by atoms with Crippen LogP contribution in [0.3, 0.4) is 0 Å². The topological polar surface area (TPSA) is 35.5 Å². The number of hydrogen-bond donors (Lipinski definition) is 0. The van der Waals surface area contributed by atoms with Crippen molar-refractivity contribution < 1.29 is 14.3 Å². The molecule has 4 heteroatoms. The van der Waals surface area contributed by atoms with Crippen LogP contribution in [-0.4, -0.2) is 20.2 Å². The highest BCUT2D eigenvalue weighted by molar-refractivity contribution is 14.1. The molecule has 0 saturated heterocycles. The maximum Gasteiger partial charge on any atom is 0.338 e. The molecule has 0 radical (unpaired) electrons. The van der Waals surface area contributed by atoms with Crippen LogP contribution in [0.5, 0.6) is 5.75 Å². The highest BCUT2D eigenvalue weighted by atomic mass is 127. The first kappa shape index (κ1) is 11.3. The smallest absolute Gasteiger partial charge is 0.338 e. The summed E-state index contributed by atoms with van der Waals surface area (Å²) in [5.41, 5.74) is 1.50. The lowest BCUT2D eigenvalue weighted by atomic mass is 10.1. The predicted octanol–water partition coefficient (Wildman–Crippen LogP) is 2.39. The second-order valence-corrected chi connectivity index (χ2v) is 3.96. The molecule has 0 aliphatic rings. The molecule has 0 atom stereocenters. The molecule has 0 N–H and O–H groups in total. The molecule has 0 saturated carbocycles. The maximum atomic E-state index is 11.3. The third kappa shape index (κ3) is 2.17. The molecule has 76 valence electrons. The van der Waals surface area contributed by atoms with Gasteiger partial charge in [0.05, 0.1) is 19.8 Å². The fourth-order valence-corrected chi connectivity index (χ4v) is 1.81. The molecule has 0 heterocycles. The van der Waals surface area contributed by atoms with E-state index in [9.17, 15) is 4.79 Å². The van der Waals surface area contributed by atoms with Gasteiger partial charge < -0.3 is 9.47 Å². The van der Waals surface area contributed by atoms with Crippen LogP contribution >= 0.6 is 22.6 Å². The molecular weight excluding hydrogens is 295 g/mol. The first-order chi connectivity index (χ1) is 6.60. The van der Waals surface area contributed by atoms with Gasteiger partial charge in [-0.3, -0.25) is 0 Å². The lowest BCUT2D eigenvalue weighted by Crippen LogP contribution is -2.05. The first-order valence-corrected chi connectivity index (χ1v) is 5.10. The number of carbonyl (C=O) groups is 1. The minimum Gasteiger partial charge on any atom is -0.496 e. The Morgan fingerprint density at radius 2 is 2.00 bits per heavy atom. The van der Waals surface area contributed by atoms with Crippen molar-refractivity contribution in [2.45, 2.75) is 6.92 Å². The molecule has 1 rings (SSSR count). The molecule has 0 aromatic heterocycles. The Labute approximate surface area is 96.5 Å². The molecule has 0 aliphatic carbocycles. The fourth-order valence-electron chi connectivity index (χ4n) is 1.15. The summed E-state index contributed by atoms with van der Waals surface area (Å²) >= 11 is 2.08. The average Bonchev–Trinajstić information content (AvgIpc) is 2.19. The summed E-state index contributed by atoms with van der Waals surface area (Å²) in [4.78, 5) is 11.3. The summed E-state index contributed by atoms with van der Waals surface area (Å²) in [7, 11) is 2.98. The van der Waals surface area contributed by atoms with Crippen LogP contribution in [0, 0.1) is 10.5 Å². The number of halogens is 1.